The summed E-state index contributed by atoms with van der Waals surface area (Å²) < 4.78 is 24.0. The third kappa shape index (κ3) is 4.70. The second-order valence-corrected chi connectivity index (χ2v) is 5.85. The number of carbonyl (C=O) groups is 1. The zero-order valence-corrected chi connectivity index (χ0v) is 14.1. The standard InChI is InChI=1S/C19H21FN2O3/c1-14(25-18-4-2-3-15(20)13-18)19(23)21-16-5-7-17(8-6-16)22-9-11-24-12-10-22/h2-8,13-14H,9-12H2,1H3,(H,21,23)/t14-/m0/s1. The van der Waals surface area contributed by atoms with Crippen LogP contribution in [0.4, 0.5) is 15.8 Å². The number of rotatable bonds is 5. The van der Waals surface area contributed by atoms with Crippen molar-refractivity contribution >= 4 is 17.3 Å². The molecule has 1 saturated heterocycles. The molecule has 0 aliphatic carbocycles. The fraction of sp³-hybridized carbons (Fsp3) is 0.316. The Morgan fingerprint density at radius 3 is 2.60 bits per heavy atom. The van der Waals surface area contributed by atoms with Gasteiger partial charge >= 0.3 is 0 Å². The average Bonchev–Trinajstić information content (AvgIpc) is 2.63. The third-order valence-corrected chi connectivity index (χ3v) is 3.99. The second-order valence-electron chi connectivity index (χ2n) is 5.85. The van der Waals surface area contributed by atoms with Gasteiger partial charge in [0, 0.05) is 30.5 Å². The molecule has 6 heteroatoms. The molecule has 25 heavy (non-hydrogen) atoms. The van der Waals surface area contributed by atoms with Crippen molar-refractivity contribution < 1.29 is 18.7 Å². The summed E-state index contributed by atoms with van der Waals surface area (Å²) in [4.78, 5) is 14.5. The van der Waals surface area contributed by atoms with Crippen molar-refractivity contribution in [3.8, 4) is 5.75 Å². The molecule has 1 fully saturated rings. The number of benzene rings is 2. The number of morpholine rings is 1. The minimum absolute atomic E-state index is 0.289. The molecule has 1 N–H and O–H groups in total. The predicted octanol–water partition coefficient (Wildman–Crippen LogP) is 3.07. The smallest absolute Gasteiger partial charge is 0.265 e. The lowest BCUT2D eigenvalue weighted by Crippen LogP contribution is -2.36. The van der Waals surface area contributed by atoms with Crippen LogP contribution in [-0.2, 0) is 9.53 Å². The van der Waals surface area contributed by atoms with Gasteiger partial charge in [-0.15, -0.1) is 0 Å². The highest BCUT2D eigenvalue weighted by atomic mass is 19.1. The molecule has 3 rings (SSSR count). The van der Waals surface area contributed by atoms with Crippen LogP contribution >= 0.6 is 0 Å². The quantitative estimate of drug-likeness (QED) is 0.906. The molecule has 1 heterocycles. The van der Waals surface area contributed by atoms with Crippen LogP contribution in [-0.4, -0.2) is 38.3 Å². The van der Waals surface area contributed by atoms with E-state index in [1.54, 1.807) is 19.1 Å². The number of anilines is 2. The van der Waals surface area contributed by atoms with E-state index in [9.17, 15) is 9.18 Å². The number of hydrogen-bond donors (Lipinski definition) is 1. The minimum Gasteiger partial charge on any atom is -0.481 e. The zero-order chi connectivity index (χ0) is 17.6. The zero-order valence-electron chi connectivity index (χ0n) is 14.1. The topological polar surface area (TPSA) is 50.8 Å². The Kier molecular flexibility index (Phi) is 5.50. The fourth-order valence-electron chi connectivity index (χ4n) is 2.62. The molecule has 0 aromatic heterocycles. The molecule has 2 aromatic carbocycles. The monoisotopic (exact) mass is 344 g/mol. The van der Waals surface area contributed by atoms with Crippen LogP contribution in [0.15, 0.2) is 48.5 Å². The number of hydrogen-bond acceptors (Lipinski definition) is 4. The van der Waals surface area contributed by atoms with Gasteiger partial charge in [-0.1, -0.05) is 6.07 Å². The normalized spacial score (nSPS) is 15.5. The fourth-order valence-corrected chi connectivity index (χ4v) is 2.62. The molecule has 0 bridgehead atoms. The second kappa shape index (κ2) is 7.98. The lowest BCUT2D eigenvalue weighted by Gasteiger charge is -2.29. The van der Waals surface area contributed by atoms with E-state index >= 15 is 0 Å². The highest BCUT2D eigenvalue weighted by Crippen LogP contribution is 2.20. The van der Waals surface area contributed by atoms with Gasteiger partial charge in [0.2, 0.25) is 0 Å². The maximum absolute atomic E-state index is 13.2. The number of nitrogens with zero attached hydrogens (tertiary/aromatic N) is 1. The van der Waals surface area contributed by atoms with E-state index in [1.807, 2.05) is 24.3 Å². The van der Waals surface area contributed by atoms with Gasteiger partial charge in [0.05, 0.1) is 13.2 Å². The number of carbonyl (C=O) groups excluding carboxylic acids is 1. The number of ether oxygens (including phenoxy) is 2. The Balaban J connectivity index is 1.56. The van der Waals surface area contributed by atoms with E-state index in [0.29, 0.717) is 11.4 Å². The molecule has 0 spiro atoms. The molecule has 5 nitrogen and oxygen atoms in total. The first-order chi connectivity index (χ1) is 12.1. The average molecular weight is 344 g/mol. The summed E-state index contributed by atoms with van der Waals surface area (Å²) in [6.07, 6.45) is -0.735. The SMILES string of the molecule is C[C@H](Oc1cccc(F)c1)C(=O)Nc1ccc(N2CCOCC2)cc1. The van der Waals surface area contributed by atoms with Gasteiger partial charge in [-0.2, -0.15) is 0 Å². The van der Waals surface area contributed by atoms with Crippen LogP contribution in [0.1, 0.15) is 6.92 Å². The predicted molar refractivity (Wildman–Crippen MR) is 94.6 cm³/mol. The Morgan fingerprint density at radius 2 is 1.92 bits per heavy atom. The molecule has 0 radical (unpaired) electrons. The molecule has 0 saturated carbocycles. The highest BCUT2D eigenvalue weighted by Gasteiger charge is 2.16. The van der Waals surface area contributed by atoms with Gasteiger partial charge in [-0.25, -0.2) is 4.39 Å². The van der Waals surface area contributed by atoms with Gasteiger partial charge in [0.1, 0.15) is 11.6 Å². The van der Waals surface area contributed by atoms with Crippen LogP contribution in [0, 0.1) is 5.82 Å². The molecular weight excluding hydrogens is 323 g/mol. The lowest BCUT2D eigenvalue weighted by molar-refractivity contribution is -0.122. The van der Waals surface area contributed by atoms with Crippen LogP contribution in [0.5, 0.6) is 5.75 Å². The largest absolute Gasteiger partial charge is 0.481 e. The maximum atomic E-state index is 13.2. The summed E-state index contributed by atoms with van der Waals surface area (Å²) in [5.74, 6) is -0.363. The molecule has 1 atom stereocenters. The Labute approximate surface area is 146 Å². The number of halogens is 1. The van der Waals surface area contributed by atoms with Crippen molar-refractivity contribution in [2.24, 2.45) is 0 Å². The van der Waals surface area contributed by atoms with Gasteiger partial charge < -0.3 is 19.7 Å². The van der Waals surface area contributed by atoms with Crippen molar-refractivity contribution in [2.45, 2.75) is 13.0 Å². The molecule has 1 aliphatic heterocycles. The summed E-state index contributed by atoms with van der Waals surface area (Å²) in [5.41, 5.74) is 1.79. The Bertz CT molecular complexity index is 715. The van der Waals surface area contributed by atoms with Crippen molar-refractivity contribution in [1.82, 2.24) is 0 Å². The first-order valence-electron chi connectivity index (χ1n) is 8.28. The van der Waals surface area contributed by atoms with Crippen LogP contribution < -0.4 is 15.0 Å². The number of nitrogens with one attached hydrogen (secondary N) is 1. The van der Waals surface area contributed by atoms with Crippen molar-refractivity contribution in [3.63, 3.8) is 0 Å². The van der Waals surface area contributed by atoms with Gasteiger partial charge in [-0.05, 0) is 43.3 Å². The molecule has 1 amide bonds. The Hall–Kier alpha value is -2.60. The van der Waals surface area contributed by atoms with E-state index in [4.69, 9.17) is 9.47 Å². The lowest BCUT2D eigenvalue weighted by atomic mass is 10.2. The molecule has 1 aliphatic rings. The molecular formula is C19H21FN2O3. The summed E-state index contributed by atoms with van der Waals surface area (Å²) in [5, 5.41) is 2.81. The first kappa shape index (κ1) is 17.2. The van der Waals surface area contributed by atoms with Gasteiger partial charge in [0.25, 0.3) is 5.91 Å². The Morgan fingerprint density at radius 1 is 1.20 bits per heavy atom. The summed E-state index contributed by atoms with van der Waals surface area (Å²) >= 11 is 0. The third-order valence-electron chi connectivity index (χ3n) is 3.99. The van der Waals surface area contributed by atoms with Crippen molar-refractivity contribution in [1.29, 1.82) is 0 Å². The minimum atomic E-state index is -0.735. The molecule has 0 unspecified atom stereocenters. The van der Waals surface area contributed by atoms with E-state index in [2.05, 4.69) is 10.2 Å². The summed E-state index contributed by atoms with van der Waals surface area (Å²) in [6.45, 7) is 4.82. The highest BCUT2D eigenvalue weighted by molar-refractivity contribution is 5.94. The maximum Gasteiger partial charge on any atom is 0.265 e. The van der Waals surface area contributed by atoms with Crippen LogP contribution in [0.25, 0.3) is 0 Å². The van der Waals surface area contributed by atoms with E-state index < -0.39 is 11.9 Å². The van der Waals surface area contributed by atoms with Crippen LogP contribution in [0.3, 0.4) is 0 Å². The van der Waals surface area contributed by atoms with Gasteiger partial charge in [-0.3, -0.25) is 4.79 Å². The van der Waals surface area contributed by atoms with Crippen molar-refractivity contribution in [3.05, 3.63) is 54.3 Å². The van der Waals surface area contributed by atoms with E-state index in [0.717, 1.165) is 32.0 Å². The number of amides is 1. The van der Waals surface area contributed by atoms with Crippen molar-refractivity contribution in [2.75, 3.05) is 36.5 Å². The molecule has 2 aromatic rings. The van der Waals surface area contributed by atoms with Gasteiger partial charge in [0.15, 0.2) is 6.10 Å². The van der Waals surface area contributed by atoms with E-state index in [1.165, 1.54) is 12.1 Å². The molecule has 132 valence electrons. The summed E-state index contributed by atoms with van der Waals surface area (Å²) in [7, 11) is 0. The van der Waals surface area contributed by atoms with Crippen LogP contribution in [0.2, 0.25) is 0 Å². The first-order valence-corrected chi connectivity index (χ1v) is 8.28. The van der Waals surface area contributed by atoms with E-state index in [-0.39, 0.29) is 5.91 Å². The summed E-state index contributed by atoms with van der Waals surface area (Å²) in [6, 6.07) is 13.4.